The fourth-order valence-corrected chi connectivity index (χ4v) is 5.31. The zero-order valence-corrected chi connectivity index (χ0v) is 22.3. The van der Waals surface area contributed by atoms with Crippen molar-refractivity contribution in [3.8, 4) is 11.1 Å². The lowest BCUT2D eigenvalue weighted by Crippen LogP contribution is -2.33. The van der Waals surface area contributed by atoms with Crippen molar-refractivity contribution in [2.45, 2.75) is 57.4 Å². The number of nitrogens with zero attached hydrogens (tertiary/aromatic N) is 3. The lowest BCUT2D eigenvalue weighted by atomic mass is 9.95. The van der Waals surface area contributed by atoms with Gasteiger partial charge in [-0.25, -0.2) is 4.98 Å². The normalized spacial score (nSPS) is 16.9. The summed E-state index contributed by atoms with van der Waals surface area (Å²) < 4.78 is 0. The van der Waals surface area contributed by atoms with Crippen LogP contribution in [0.1, 0.15) is 66.6 Å². The number of aromatic nitrogens is 2. The highest BCUT2D eigenvalue weighted by molar-refractivity contribution is 6.49. The fraction of sp³-hybridized carbons (Fsp3) is 0.355. The van der Waals surface area contributed by atoms with Gasteiger partial charge < -0.3 is 16.0 Å². The minimum Gasteiger partial charge on any atom is -0.348 e. The fourth-order valence-electron chi connectivity index (χ4n) is 5.31. The molecule has 0 bridgehead atoms. The number of aliphatic imine (C=N–C) groups is 1. The quantitative estimate of drug-likeness (QED) is 0.409. The van der Waals surface area contributed by atoms with Crippen LogP contribution in [-0.2, 0) is 16.0 Å². The first kappa shape index (κ1) is 25.9. The molecule has 3 aliphatic rings. The van der Waals surface area contributed by atoms with E-state index in [0.717, 1.165) is 73.6 Å². The maximum absolute atomic E-state index is 13.4. The molecule has 0 radical (unpaired) electrons. The molecule has 2 fully saturated rings. The number of nitrogens with one attached hydrogen (secondary N) is 3. The summed E-state index contributed by atoms with van der Waals surface area (Å²) in [7, 11) is 0. The van der Waals surface area contributed by atoms with Crippen molar-refractivity contribution in [1.29, 1.82) is 0 Å². The van der Waals surface area contributed by atoms with E-state index in [1.807, 2.05) is 24.3 Å². The Hall–Kier alpha value is -4.40. The molecule has 2 saturated carbocycles. The monoisotopic (exact) mass is 536 g/mol. The number of hydrogen-bond donors (Lipinski definition) is 3. The first-order valence-corrected chi connectivity index (χ1v) is 14.1. The zero-order valence-electron chi connectivity index (χ0n) is 22.3. The van der Waals surface area contributed by atoms with Crippen LogP contribution < -0.4 is 16.0 Å². The number of benzene rings is 1. The maximum atomic E-state index is 13.4. The van der Waals surface area contributed by atoms with Crippen LogP contribution in [0.25, 0.3) is 11.1 Å². The Bertz CT molecular complexity index is 1470. The minimum absolute atomic E-state index is 0.0314. The molecule has 2 aromatic heterocycles. The standard InChI is InChI=1S/C31H32N6O3/c38-29(20-8-9-20)37-25-14-22(16-32-17-25)21-10-7-19-4-3-13-33-28(26(19)15-21)31(40)36-24-11-12-27(34-18-24)30(39)35-23-5-1-2-6-23/h7,10-12,14-18,20,23H,1-6,8-9,13H2,(H,35,39)(H,36,40)(H,37,38). The maximum Gasteiger partial charge on any atom is 0.274 e. The molecule has 6 rings (SSSR count). The lowest BCUT2D eigenvalue weighted by molar-refractivity contribution is -0.117. The molecule has 9 heteroatoms. The van der Waals surface area contributed by atoms with Gasteiger partial charge in [0.1, 0.15) is 11.4 Å². The van der Waals surface area contributed by atoms with Gasteiger partial charge in [0.2, 0.25) is 5.91 Å². The molecule has 0 saturated heterocycles. The van der Waals surface area contributed by atoms with Gasteiger partial charge in [-0.2, -0.15) is 0 Å². The molecular weight excluding hydrogens is 504 g/mol. The highest BCUT2D eigenvalue weighted by atomic mass is 16.2. The molecule has 3 N–H and O–H groups in total. The molecule has 2 aliphatic carbocycles. The Morgan fingerprint density at radius 1 is 0.775 bits per heavy atom. The molecule has 3 amide bonds. The van der Waals surface area contributed by atoms with Crippen molar-refractivity contribution in [3.63, 3.8) is 0 Å². The van der Waals surface area contributed by atoms with E-state index in [1.165, 1.54) is 6.20 Å². The summed E-state index contributed by atoms with van der Waals surface area (Å²) >= 11 is 0. The van der Waals surface area contributed by atoms with Crippen LogP contribution >= 0.6 is 0 Å². The average Bonchev–Trinajstić information content (AvgIpc) is 3.74. The molecule has 40 heavy (non-hydrogen) atoms. The van der Waals surface area contributed by atoms with Crippen LogP contribution in [0.3, 0.4) is 0 Å². The van der Waals surface area contributed by atoms with E-state index >= 15 is 0 Å². The Balaban J connectivity index is 1.18. The van der Waals surface area contributed by atoms with Gasteiger partial charge in [0.05, 0.1) is 23.8 Å². The summed E-state index contributed by atoms with van der Waals surface area (Å²) in [6, 6.07) is 11.5. The van der Waals surface area contributed by atoms with E-state index in [2.05, 4.69) is 30.9 Å². The summed E-state index contributed by atoms with van der Waals surface area (Å²) in [6.07, 6.45) is 12.7. The molecule has 1 aliphatic heterocycles. The summed E-state index contributed by atoms with van der Waals surface area (Å²) in [5.41, 5.74) is 5.41. The summed E-state index contributed by atoms with van der Waals surface area (Å²) in [6.45, 7) is 0.551. The second kappa shape index (κ2) is 11.4. The second-order valence-corrected chi connectivity index (χ2v) is 10.8. The van der Waals surface area contributed by atoms with Crippen LogP contribution in [0.2, 0.25) is 0 Å². The lowest BCUT2D eigenvalue weighted by Gasteiger charge is -2.14. The molecule has 0 spiro atoms. The third-order valence-electron chi connectivity index (χ3n) is 7.69. The number of hydrogen-bond acceptors (Lipinski definition) is 6. The number of carbonyl (C=O) groups is 3. The number of fused-ring (bicyclic) bond motifs is 1. The molecule has 1 aromatic carbocycles. The van der Waals surface area contributed by atoms with Gasteiger partial charge in [0.15, 0.2) is 0 Å². The van der Waals surface area contributed by atoms with Crippen molar-refractivity contribution in [2.75, 3.05) is 17.2 Å². The molecule has 204 valence electrons. The molecule has 3 aromatic rings. The molecule has 3 heterocycles. The minimum atomic E-state index is -0.325. The summed E-state index contributed by atoms with van der Waals surface area (Å²) in [5, 5.41) is 8.88. The zero-order chi connectivity index (χ0) is 27.5. The van der Waals surface area contributed by atoms with Crippen molar-refractivity contribution < 1.29 is 14.4 Å². The van der Waals surface area contributed by atoms with Gasteiger partial charge in [0.25, 0.3) is 11.8 Å². The predicted octanol–water partition coefficient (Wildman–Crippen LogP) is 4.54. The van der Waals surface area contributed by atoms with Gasteiger partial charge >= 0.3 is 0 Å². The number of amides is 3. The van der Waals surface area contributed by atoms with E-state index in [0.29, 0.717) is 29.3 Å². The van der Waals surface area contributed by atoms with Crippen molar-refractivity contribution in [1.82, 2.24) is 15.3 Å². The largest absolute Gasteiger partial charge is 0.348 e. The Morgan fingerprint density at radius 2 is 1.62 bits per heavy atom. The average molecular weight is 537 g/mol. The summed E-state index contributed by atoms with van der Waals surface area (Å²) in [5.74, 6) is -0.378. The first-order valence-electron chi connectivity index (χ1n) is 14.1. The number of aryl methyl sites for hydroxylation is 1. The van der Waals surface area contributed by atoms with E-state index in [9.17, 15) is 14.4 Å². The van der Waals surface area contributed by atoms with Crippen LogP contribution in [-0.4, -0.2) is 46.0 Å². The number of rotatable bonds is 7. The van der Waals surface area contributed by atoms with Crippen LogP contribution in [0, 0.1) is 5.92 Å². The molecule has 0 unspecified atom stereocenters. The van der Waals surface area contributed by atoms with Crippen molar-refractivity contribution in [2.24, 2.45) is 10.9 Å². The van der Waals surface area contributed by atoms with Gasteiger partial charge in [0, 0.05) is 35.8 Å². The van der Waals surface area contributed by atoms with Crippen LogP contribution in [0.5, 0.6) is 0 Å². The first-order chi connectivity index (χ1) is 19.5. The Labute approximate surface area is 232 Å². The topological polar surface area (TPSA) is 125 Å². The van der Waals surface area contributed by atoms with E-state index < -0.39 is 0 Å². The van der Waals surface area contributed by atoms with Crippen molar-refractivity contribution >= 4 is 34.8 Å². The van der Waals surface area contributed by atoms with Gasteiger partial charge in [-0.1, -0.05) is 25.0 Å². The molecular formula is C31H32N6O3. The van der Waals surface area contributed by atoms with Gasteiger partial charge in [-0.15, -0.1) is 0 Å². The third kappa shape index (κ3) is 5.93. The third-order valence-corrected chi connectivity index (χ3v) is 7.69. The van der Waals surface area contributed by atoms with Crippen molar-refractivity contribution in [3.05, 3.63) is 71.8 Å². The van der Waals surface area contributed by atoms with Gasteiger partial charge in [-0.3, -0.25) is 24.4 Å². The Morgan fingerprint density at radius 3 is 2.40 bits per heavy atom. The SMILES string of the molecule is O=C(Nc1ccc(C(=O)NC2CCCC2)nc1)C1=NCCCc2ccc(-c3cncc(NC(=O)C4CC4)c3)cc21. The molecule has 0 atom stereocenters. The summed E-state index contributed by atoms with van der Waals surface area (Å²) in [4.78, 5) is 51.4. The van der Waals surface area contributed by atoms with E-state index in [1.54, 1.807) is 24.5 Å². The number of anilines is 2. The smallest absolute Gasteiger partial charge is 0.274 e. The van der Waals surface area contributed by atoms with E-state index in [-0.39, 0.29) is 29.7 Å². The highest BCUT2D eigenvalue weighted by Crippen LogP contribution is 2.31. The number of pyridine rings is 2. The second-order valence-electron chi connectivity index (χ2n) is 10.8. The van der Waals surface area contributed by atoms with Crippen LogP contribution in [0.15, 0.2) is 60.0 Å². The highest BCUT2D eigenvalue weighted by Gasteiger charge is 2.29. The van der Waals surface area contributed by atoms with E-state index in [4.69, 9.17) is 0 Å². The van der Waals surface area contributed by atoms with Crippen LogP contribution in [0.4, 0.5) is 11.4 Å². The predicted molar refractivity (Wildman–Crippen MR) is 153 cm³/mol. The number of carbonyl (C=O) groups excluding carboxylic acids is 3. The Kier molecular flexibility index (Phi) is 7.35. The molecule has 9 nitrogen and oxygen atoms in total. The van der Waals surface area contributed by atoms with Gasteiger partial charge in [-0.05, 0) is 73.9 Å².